The molecular formula is C30H32ClF3N4O3. The molecule has 2 saturated heterocycles. The molecule has 7 nitrogen and oxygen atoms in total. The number of ether oxygens (including phenoxy) is 2. The number of amides is 1. The molecule has 0 aliphatic carbocycles. The normalized spacial score (nSPS) is 20.0. The number of hydrogen-bond acceptors (Lipinski definition) is 6. The Morgan fingerprint density at radius 3 is 2.51 bits per heavy atom. The number of anilines is 1. The second-order valence-electron chi connectivity index (χ2n) is 10.6. The van der Waals surface area contributed by atoms with E-state index in [1.54, 1.807) is 24.3 Å². The number of carbonyl (C=O) groups excluding carboxylic acids is 1. The molecule has 2 aliphatic rings. The summed E-state index contributed by atoms with van der Waals surface area (Å²) in [6.07, 6.45) is 4.71. The molecule has 4 N–H and O–H groups in total. The van der Waals surface area contributed by atoms with Crippen LogP contribution in [-0.2, 0) is 20.7 Å². The van der Waals surface area contributed by atoms with Gasteiger partial charge in [0.15, 0.2) is 0 Å². The average Bonchev–Trinajstić information content (AvgIpc) is 2.94. The second kappa shape index (κ2) is 12.9. The highest BCUT2D eigenvalue weighted by Gasteiger charge is 2.38. The summed E-state index contributed by atoms with van der Waals surface area (Å²) in [5.74, 6) is -3.75. The van der Waals surface area contributed by atoms with Gasteiger partial charge in [-0.15, -0.1) is 0 Å². The van der Waals surface area contributed by atoms with Crippen LogP contribution < -0.4 is 16.4 Å². The average molecular weight is 589 g/mol. The highest BCUT2D eigenvalue weighted by molar-refractivity contribution is 6.30. The van der Waals surface area contributed by atoms with Crippen LogP contribution in [0, 0.1) is 17.5 Å². The van der Waals surface area contributed by atoms with Crippen LogP contribution in [0.5, 0.6) is 0 Å². The van der Waals surface area contributed by atoms with Crippen LogP contribution in [0.25, 0.3) is 0 Å². The first kappa shape index (κ1) is 29.5. The van der Waals surface area contributed by atoms with Crippen molar-refractivity contribution in [3.8, 4) is 0 Å². The molecule has 3 heterocycles. The van der Waals surface area contributed by atoms with Gasteiger partial charge in [-0.1, -0.05) is 23.7 Å². The number of carbonyl (C=O) groups is 1. The molecule has 3 aromatic rings. The standard InChI is InChI=1S/C30H32ClF3N4O3/c31-20-3-1-18(2-4-20)27(19-11-21(32)13-22(33)12-19)28(35)29(39)38-26-16-36-15-25(34)24(26)6-5-23-14-37-17-30(41-23)7-9-40-10-8-30/h1-4,11-13,15-16,23,27-28,37H,5-10,14,17,35H2,(H,38,39)/t23-,27+,28+/m1/s1. The summed E-state index contributed by atoms with van der Waals surface area (Å²) in [4.78, 5) is 17.4. The third-order valence-corrected chi connectivity index (χ3v) is 8.01. The Labute approximate surface area is 241 Å². The number of pyridine rings is 1. The maximum atomic E-state index is 15.0. The quantitative estimate of drug-likeness (QED) is 0.352. The topological polar surface area (TPSA) is 98.5 Å². The Morgan fingerprint density at radius 1 is 1.10 bits per heavy atom. The molecule has 1 aromatic heterocycles. The fourth-order valence-electron chi connectivity index (χ4n) is 5.63. The number of hydrogen-bond donors (Lipinski definition) is 3. The summed E-state index contributed by atoms with van der Waals surface area (Å²) in [6, 6.07) is 8.21. The Morgan fingerprint density at radius 2 is 1.80 bits per heavy atom. The van der Waals surface area contributed by atoms with Gasteiger partial charge in [-0.05, 0) is 48.2 Å². The summed E-state index contributed by atoms with van der Waals surface area (Å²) < 4.78 is 55.2. The maximum Gasteiger partial charge on any atom is 0.242 e. The largest absolute Gasteiger partial charge is 0.381 e. The molecule has 0 unspecified atom stereocenters. The minimum Gasteiger partial charge on any atom is -0.381 e. The Hall–Kier alpha value is -3.02. The Balaban J connectivity index is 1.34. The molecular weight excluding hydrogens is 557 g/mol. The van der Waals surface area contributed by atoms with Crippen LogP contribution in [0.2, 0.25) is 5.02 Å². The maximum absolute atomic E-state index is 15.0. The number of halogens is 4. The van der Waals surface area contributed by atoms with E-state index in [-0.39, 0.29) is 34.9 Å². The highest BCUT2D eigenvalue weighted by atomic mass is 35.5. The van der Waals surface area contributed by atoms with Gasteiger partial charge >= 0.3 is 0 Å². The van der Waals surface area contributed by atoms with Crippen LogP contribution in [0.3, 0.4) is 0 Å². The van der Waals surface area contributed by atoms with Crippen molar-refractivity contribution < 1.29 is 27.4 Å². The van der Waals surface area contributed by atoms with E-state index >= 15 is 4.39 Å². The molecule has 218 valence electrons. The number of nitrogens with two attached hydrogens (primary N) is 1. The van der Waals surface area contributed by atoms with Crippen LogP contribution in [0.1, 0.15) is 41.9 Å². The van der Waals surface area contributed by atoms with Gasteiger partial charge in [0.1, 0.15) is 17.5 Å². The van der Waals surface area contributed by atoms with Gasteiger partial charge in [-0.3, -0.25) is 9.78 Å². The third kappa shape index (κ3) is 7.07. The molecule has 5 rings (SSSR count). The van der Waals surface area contributed by atoms with E-state index in [0.717, 1.165) is 43.8 Å². The van der Waals surface area contributed by atoms with E-state index in [0.29, 0.717) is 36.8 Å². The summed E-state index contributed by atoms with van der Waals surface area (Å²) in [7, 11) is 0. The van der Waals surface area contributed by atoms with Gasteiger partial charge in [0, 0.05) is 61.7 Å². The SMILES string of the molecule is N[C@H](C(=O)Nc1cncc(F)c1CC[C@@H]1CNCC2(CCOCC2)O1)[C@@H](c1ccc(Cl)cc1)c1cc(F)cc(F)c1. The van der Waals surface area contributed by atoms with Gasteiger partial charge < -0.3 is 25.8 Å². The molecule has 1 amide bonds. The van der Waals surface area contributed by atoms with Crippen molar-refractivity contribution in [1.82, 2.24) is 10.3 Å². The first-order valence-corrected chi connectivity index (χ1v) is 14.0. The predicted molar refractivity (Wildman–Crippen MR) is 149 cm³/mol. The third-order valence-electron chi connectivity index (χ3n) is 7.75. The number of aromatic nitrogens is 1. The summed E-state index contributed by atoms with van der Waals surface area (Å²) in [5.41, 5.74) is 7.30. The van der Waals surface area contributed by atoms with Gasteiger partial charge in [0.2, 0.25) is 5.91 Å². The van der Waals surface area contributed by atoms with E-state index < -0.39 is 35.3 Å². The lowest BCUT2D eigenvalue weighted by molar-refractivity contribution is -0.160. The van der Waals surface area contributed by atoms with Crippen molar-refractivity contribution in [3.63, 3.8) is 0 Å². The molecule has 0 bridgehead atoms. The van der Waals surface area contributed by atoms with Crippen molar-refractivity contribution >= 4 is 23.2 Å². The van der Waals surface area contributed by atoms with Gasteiger partial charge in [0.05, 0.1) is 35.8 Å². The Kier molecular flexibility index (Phi) is 9.25. The summed E-state index contributed by atoms with van der Waals surface area (Å²) >= 11 is 6.03. The lowest BCUT2D eigenvalue weighted by atomic mass is 9.84. The zero-order valence-electron chi connectivity index (χ0n) is 22.3. The van der Waals surface area contributed by atoms with Crippen LogP contribution >= 0.6 is 11.6 Å². The summed E-state index contributed by atoms with van der Waals surface area (Å²) in [6.45, 7) is 2.67. The Bertz CT molecular complexity index is 1350. The number of nitrogens with zero attached hydrogens (tertiary/aromatic N) is 1. The molecule has 0 radical (unpaired) electrons. The molecule has 3 atom stereocenters. The fourth-order valence-corrected chi connectivity index (χ4v) is 5.75. The monoisotopic (exact) mass is 588 g/mol. The van der Waals surface area contributed by atoms with Gasteiger partial charge in [0.25, 0.3) is 0 Å². The lowest BCUT2D eigenvalue weighted by Gasteiger charge is -2.44. The van der Waals surface area contributed by atoms with E-state index in [9.17, 15) is 13.6 Å². The molecule has 1 spiro atoms. The van der Waals surface area contributed by atoms with E-state index in [1.807, 2.05) is 0 Å². The van der Waals surface area contributed by atoms with Crippen LogP contribution in [0.4, 0.5) is 18.9 Å². The van der Waals surface area contributed by atoms with Crippen molar-refractivity contribution in [2.45, 2.75) is 49.3 Å². The number of morpholine rings is 1. The van der Waals surface area contributed by atoms with Crippen molar-refractivity contribution in [2.24, 2.45) is 5.73 Å². The van der Waals surface area contributed by atoms with Crippen LogP contribution in [0.15, 0.2) is 54.9 Å². The van der Waals surface area contributed by atoms with Gasteiger partial charge in [-0.25, -0.2) is 13.2 Å². The number of nitrogens with one attached hydrogen (secondary N) is 2. The number of benzene rings is 2. The van der Waals surface area contributed by atoms with E-state index in [1.165, 1.54) is 6.20 Å². The molecule has 2 aliphatic heterocycles. The van der Waals surface area contributed by atoms with Crippen molar-refractivity contribution in [3.05, 3.63) is 94.0 Å². The predicted octanol–water partition coefficient (Wildman–Crippen LogP) is 4.72. The minimum atomic E-state index is -1.28. The van der Waals surface area contributed by atoms with Crippen molar-refractivity contribution in [2.75, 3.05) is 31.6 Å². The van der Waals surface area contributed by atoms with Gasteiger partial charge in [-0.2, -0.15) is 0 Å². The second-order valence-corrected chi connectivity index (χ2v) is 11.0. The zero-order chi connectivity index (χ0) is 29.0. The van der Waals surface area contributed by atoms with E-state index in [4.69, 9.17) is 26.8 Å². The smallest absolute Gasteiger partial charge is 0.242 e. The molecule has 11 heteroatoms. The van der Waals surface area contributed by atoms with E-state index in [2.05, 4.69) is 15.6 Å². The highest BCUT2D eigenvalue weighted by Crippen LogP contribution is 2.32. The molecule has 2 fully saturated rings. The van der Waals surface area contributed by atoms with Crippen molar-refractivity contribution in [1.29, 1.82) is 0 Å². The molecule has 2 aromatic carbocycles. The first-order valence-electron chi connectivity index (χ1n) is 13.6. The zero-order valence-corrected chi connectivity index (χ0v) is 23.1. The number of rotatable bonds is 8. The molecule has 41 heavy (non-hydrogen) atoms. The minimum absolute atomic E-state index is 0.141. The molecule has 0 saturated carbocycles. The first-order chi connectivity index (χ1) is 19.7. The lowest BCUT2D eigenvalue weighted by Crippen LogP contribution is -2.56. The fraction of sp³-hybridized carbons (Fsp3) is 0.400. The summed E-state index contributed by atoms with van der Waals surface area (Å²) in [5, 5.41) is 6.58. The van der Waals surface area contributed by atoms with Crippen LogP contribution in [-0.4, -0.2) is 54.9 Å².